The molecule has 1 fully saturated rings. The quantitative estimate of drug-likeness (QED) is 0.331. The maximum atomic E-state index is 12.7. The first-order valence-corrected chi connectivity index (χ1v) is 13.5. The summed E-state index contributed by atoms with van der Waals surface area (Å²) in [5.74, 6) is 0.0212. The van der Waals surface area contributed by atoms with Crippen molar-refractivity contribution in [3.63, 3.8) is 0 Å². The van der Waals surface area contributed by atoms with Crippen LogP contribution in [0.3, 0.4) is 0 Å². The molecule has 2 aromatic carbocycles. The van der Waals surface area contributed by atoms with Crippen molar-refractivity contribution in [2.75, 3.05) is 50.7 Å². The van der Waals surface area contributed by atoms with Gasteiger partial charge in [-0.25, -0.2) is 0 Å². The summed E-state index contributed by atoms with van der Waals surface area (Å²) < 4.78 is 0. The Labute approximate surface area is 225 Å². The minimum Gasteiger partial charge on any atom is -0.353 e. The Morgan fingerprint density at radius 2 is 1.43 bits per heavy atom. The number of benzene rings is 2. The summed E-state index contributed by atoms with van der Waals surface area (Å²) in [4.78, 5) is 43.4. The van der Waals surface area contributed by atoms with Crippen LogP contribution in [0.5, 0.6) is 0 Å². The largest absolute Gasteiger partial charge is 0.353 e. The van der Waals surface area contributed by atoms with E-state index >= 15 is 0 Å². The van der Waals surface area contributed by atoms with E-state index in [1.54, 1.807) is 48.2 Å². The standard InChI is InChI=1S/C29H39ClN4O3/c1-22(2)31-28(36)21-33-19-17-32(18-20-33)15-5-4-6-16-34(23(3)35)27-13-9-25(10-14-27)29(37)24-7-11-26(30)12-8-24/h7-14,22H,4-6,15-21H2,1-3H3,(H,31,36). The van der Waals surface area contributed by atoms with Gasteiger partial charge in [0.15, 0.2) is 5.78 Å². The second-order valence-corrected chi connectivity index (χ2v) is 10.4. The van der Waals surface area contributed by atoms with E-state index in [4.69, 9.17) is 11.6 Å². The number of nitrogens with zero attached hydrogens (tertiary/aromatic N) is 3. The van der Waals surface area contributed by atoms with Crippen LogP contribution in [0.15, 0.2) is 48.5 Å². The molecule has 0 bridgehead atoms. The van der Waals surface area contributed by atoms with E-state index in [-0.39, 0.29) is 23.6 Å². The van der Waals surface area contributed by atoms with Gasteiger partial charge >= 0.3 is 0 Å². The molecule has 1 aliphatic rings. The number of unbranched alkanes of at least 4 members (excludes halogenated alkanes) is 2. The summed E-state index contributed by atoms with van der Waals surface area (Å²) in [6.07, 6.45) is 3.03. The zero-order chi connectivity index (χ0) is 26.8. The van der Waals surface area contributed by atoms with Gasteiger partial charge in [-0.3, -0.25) is 19.3 Å². The molecule has 1 heterocycles. The molecule has 2 aromatic rings. The normalized spacial score (nSPS) is 14.5. The Balaban J connectivity index is 1.39. The number of rotatable bonds is 12. The number of ketones is 1. The highest BCUT2D eigenvalue weighted by Crippen LogP contribution is 2.20. The van der Waals surface area contributed by atoms with Crippen molar-refractivity contribution >= 4 is 34.9 Å². The SMILES string of the molecule is CC(=O)N(CCCCCN1CCN(CC(=O)NC(C)C)CC1)c1ccc(C(=O)c2ccc(Cl)cc2)cc1. The fraction of sp³-hybridized carbons (Fsp3) is 0.483. The molecule has 8 heteroatoms. The molecule has 1 aliphatic heterocycles. The fourth-order valence-corrected chi connectivity index (χ4v) is 4.68. The molecule has 7 nitrogen and oxygen atoms in total. The van der Waals surface area contributed by atoms with Crippen molar-refractivity contribution in [2.24, 2.45) is 0 Å². The summed E-state index contributed by atoms with van der Waals surface area (Å²) in [5, 5.41) is 3.55. The van der Waals surface area contributed by atoms with Gasteiger partial charge in [-0.15, -0.1) is 0 Å². The van der Waals surface area contributed by atoms with Crippen LogP contribution in [0.2, 0.25) is 5.02 Å². The number of nitrogens with one attached hydrogen (secondary N) is 1. The van der Waals surface area contributed by atoms with Crippen molar-refractivity contribution < 1.29 is 14.4 Å². The first-order chi connectivity index (χ1) is 17.7. The van der Waals surface area contributed by atoms with Crippen molar-refractivity contribution in [2.45, 2.75) is 46.1 Å². The highest BCUT2D eigenvalue weighted by molar-refractivity contribution is 6.30. The van der Waals surface area contributed by atoms with Gasteiger partial charge in [0.1, 0.15) is 0 Å². The van der Waals surface area contributed by atoms with E-state index in [2.05, 4.69) is 15.1 Å². The van der Waals surface area contributed by atoms with Crippen molar-refractivity contribution in [3.05, 3.63) is 64.7 Å². The minimum absolute atomic E-state index is 0.00518. The first-order valence-electron chi connectivity index (χ1n) is 13.2. The number of hydrogen-bond donors (Lipinski definition) is 1. The van der Waals surface area contributed by atoms with Crippen molar-refractivity contribution in [1.29, 1.82) is 0 Å². The van der Waals surface area contributed by atoms with Gasteiger partial charge in [0.2, 0.25) is 11.8 Å². The lowest BCUT2D eigenvalue weighted by Crippen LogP contribution is -2.50. The average molecular weight is 527 g/mol. The zero-order valence-electron chi connectivity index (χ0n) is 22.2. The molecule has 0 aliphatic carbocycles. The Bertz CT molecular complexity index is 1030. The minimum atomic E-state index is -0.0720. The first kappa shape index (κ1) is 28.8. The van der Waals surface area contributed by atoms with Crippen LogP contribution in [-0.4, -0.2) is 79.3 Å². The lowest BCUT2D eigenvalue weighted by atomic mass is 10.0. The van der Waals surface area contributed by atoms with E-state index in [0.717, 1.165) is 57.7 Å². The highest BCUT2D eigenvalue weighted by atomic mass is 35.5. The number of carbonyl (C=O) groups is 3. The fourth-order valence-electron chi connectivity index (χ4n) is 4.55. The van der Waals surface area contributed by atoms with Gasteiger partial charge in [0.25, 0.3) is 0 Å². The molecule has 0 saturated carbocycles. The van der Waals surface area contributed by atoms with Gasteiger partial charge in [0.05, 0.1) is 6.54 Å². The molecule has 0 radical (unpaired) electrons. The number of amides is 2. The molecule has 0 atom stereocenters. The maximum absolute atomic E-state index is 12.7. The van der Waals surface area contributed by atoms with E-state index in [1.165, 1.54) is 0 Å². The topological polar surface area (TPSA) is 73.0 Å². The Hall–Kier alpha value is -2.74. The second-order valence-electron chi connectivity index (χ2n) is 9.95. The van der Waals surface area contributed by atoms with Crippen LogP contribution in [0.1, 0.15) is 56.0 Å². The molecule has 37 heavy (non-hydrogen) atoms. The van der Waals surface area contributed by atoms with E-state index in [0.29, 0.717) is 29.2 Å². The highest BCUT2D eigenvalue weighted by Gasteiger charge is 2.19. The Morgan fingerprint density at radius 1 is 0.865 bits per heavy atom. The lowest BCUT2D eigenvalue weighted by Gasteiger charge is -2.34. The van der Waals surface area contributed by atoms with Gasteiger partial charge < -0.3 is 15.1 Å². The molecule has 0 unspecified atom stereocenters. The predicted molar refractivity (Wildman–Crippen MR) is 149 cm³/mol. The van der Waals surface area contributed by atoms with Crippen LogP contribution in [0.4, 0.5) is 5.69 Å². The number of anilines is 1. The van der Waals surface area contributed by atoms with Crippen molar-refractivity contribution in [3.8, 4) is 0 Å². The number of hydrogen-bond acceptors (Lipinski definition) is 5. The van der Waals surface area contributed by atoms with Crippen LogP contribution < -0.4 is 10.2 Å². The third-order valence-electron chi connectivity index (χ3n) is 6.57. The molecule has 1 saturated heterocycles. The molecule has 200 valence electrons. The molecular weight excluding hydrogens is 488 g/mol. The third-order valence-corrected chi connectivity index (χ3v) is 6.82. The zero-order valence-corrected chi connectivity index (χ0v) is 23.0. The van der Waals surface area contributed by atoms with E-state index < -0.39 is 0 Å². The maximum Gasteiger partial charge on any atom is 0.234 e. The molecule has 3 rings (SSSR count). The lowest BCUT2D eigenvalue weighted by molar-refractivity contribution is -0.123. The molecule has 0 spiro atoms. The summed E-state index contributed by atoms with van der Waals surface area (Å²) in [7, 11) is 0. The van der Waals surface area contributed by atoms with E-state index in [1.807, 2.05) is 26.0 Å². The van der Waals surface area contributed by atoms with Crippen LogP contribution in [-0.2, 0) is 9.59 Å². The van der Waals surface area contributed by atoms with Crippen LogP contribution in [0, 0.1) is 0 Å². The molecule has 2 amide bonds. The van der Waals surface area contributed by atoms with Gasteiger partial charge in [-0.05, 0) is 81.8 Å². The van der Waals surface area contributed by atoms with E-state index in [9.17, 15) is 14.4 Å². The van der Waals surface area contributed by atoms with Gasteiger partial charge in [0, 0.05) is 67.5 Å². The van der Waals surface area contributed by atoms with Crippen LogP contribution in [0.25, 0.3) is 0 Å². The molecular formula is C29H39ClN4O3. The van der Waals surface area contributed by atoms with Gasteiger partial charge in [-0.2, -0.15) is 0 Å². The molecule has 1 N–H and O–H groups in total. The molecule has 0 aromatic heterocycles. The average Bonchev–Trinajstić information content (AvgIpc) is 2.86. The predicted octanol–water partition coefficient (Wildman–Crippen LogP) is 4.24. The summed E-state index contributed by atoms with van der Waals surface area (Å²) in [5.41, 5.74) is 1.96. The van der Waals surface area contributed by atoms with Crippen LogP contribution >= 0.6 is 11.6 Å². The second kappa shape index (κ2) is 14.3. The Kier molecular flexibility index (Phi) is 11.1. The number of carbonyl (C=O) groups excluding carboxylic acids is 3. The van der Waals surface area contributed by atoms with Crippen molar-refractivity contribution in [1.82, 2.24) is 15.1 Å². The summed E-state index contributed by atoms with van der Waals surface area (Å²) in [6, 6.07) is 14.2. The summed E-state index contributed by atoms with van der Waals surface area (Å²) in [6.45, 7) is 11.5. The number of piperazine rings is 1. The smallest absolute Gasteiger partial charge is 0.234 e. The Morgan fingerprint density at radius 3 is 2.00 bits per heavy atom. The number of halogens is 1. The summed E-state index contributed by atoms with van der Waals surface area (Å²) >= 11 is 5.92. The monoisotopic (exact) mass is 526 g/mol. The third kappa shape index (κ3) is 9.26. The van der Waals surface area contributed by atoms with Gasteiger partial charge in [-0.1, -0.05) is 18.0 Å².